The first-order chi connectivity index (χ1) is 9.60. The quantitative estimate of drug-likeness (QED) is 0.785. The molecule has 1 amide bonds. The van der Waals surface area contributed by atoms with Crippen molar-refractivity contribution in [3.63, 3.8) is 0 Å². The summed E-state index contributed by atoms with van der Waals surface area (Å²) in [5.41, 5.74) is 6.93. The van der Waals surface area contributed by atoms with Crippen molar-refractivity contribution in [2.45, 2.75) is 25.8 Å². The number of nitrogens with two attached hydrogens (primary N) is 1. The molecule has 0 aliphatic rings. The molecule has 20 heavy (non-hydrogen) atoms. The Kier molecular flexibility index (Phi) is 5.20. The van der Waals surface area contributed by atoms with Crippen LogP contribution in [0.4, 0.5) is 5.69 Å². The van der Waals surface area contributed by atoms with Crippen molar-refractivity contribution in [2.75, 3.05) is 5.73 Å². The topological polar surface area (TPSA) is 55.1 Å². The lowest BCUT2D eigenvalue weighted by Crippen LogP contribution is -2.28. The lowest BCUT2D eigenvalue weighted by molar-refractivity contribution is 0.0935. The normalized spacial score (nSPS) is 12.1. The summed E-state index contributed by atoms with van der Waals surface area (Å²) in [6.07, 6.45) is 1.94. The molecule has 1 heterocycles. The molecule has 3 nitrogen and oxygen atoms in total. The maximum absolute atomic E-state index is 12.3. The number of hydrogen-bond acceptors (Lipinski definition) is 3. The van der Waals surface area contributed by atoms with Gasteiger partial charge in [0.25, 0.3) is 5.91 Å². The second-order valence-electron chi connectivity index (χ2n) is 4.60. The van der Waals surface area contributed by atoms with E-state index in [0.717, 1.165) is 17.3 Å². The molecule has 1 aromatic carbocycles. The van der Waals surface area contributed by atoms with Crippen molar-refractivity contribution in [2.24, 2.45) is 0 Å². The van der Waals surface area contributed by atoms with Crippen LogP contribution in [-0.2, 0) is 0 Å². The molecular formula is C15H17BrN2OS. The summed E-state index contributed by atoms with van der Waals surface area (Å²) in [6, 6.07) is 9.37. The van der Waals surface area contributed by atoms with Gasteiger partial charge in [-0.25, -0.2) is 0 Å². The van der Waals surface area contributed by atoms with Gasteiger partial charge in [0.05, 0.1) is 6.04 Å². The lowest BCUT2D eigenvalue weighted by Gasteiger charge is -2.17. The number of rotatable bonds is 5. The second-order valence-corrected chi connectivity index (χ2v) is 6.50. The molecular weight excluding hydrogens is 336 g/mol. The Morgan fingerprint density at radius 3 is 2.85 bits per heavy atom. The Morgan fingerprint density at radius 2 is 2.25 bits per heavy atom. The van der Waals surface area contributed by atoms with Crippen LogP contribution in [0.2, 0.25) is 0 Å². The summed E-state index contributed by atoms with van der Waals surface area (Å²) in [5, 5.41) is 5.12. The van der Waals surface area contributed by atoms with E-state index in [-0.39, 0.29) is 11.9 Å². The van der Waals surface area contributed by atoms with Crippen molar-refractivity contribution < 1.29 is 4.79 Å². The molecule has 0 aliphatic carbocycles. The summed E-state index contributed by atoms with van der Waals surface area (Å²) in [6.45, 7) is 2.11. The van der Waals surface area contributed by atoms with E-state index < -0.39 is 0 Å². The molecule has 5 heteroatoms. The zero-order chi connectivity index (χ0) is 14.5. The van der Waals surface area contributed by atoms with Crippen LogP contribution in [0.1, 0.15) is 41.0 Å². The van der Waals surface area contributed by atoms with Gasteiger partial charge < -0.3 is 11.1 Å². The zero-order valence-electron chi connectivity index (χ0n) is 11.2. The third kappa shape index (κ3) is 3.84. The fourth-order valence-corrected chi connectivity index (χ4v) is 3.37. The Morgan fingerprint density at radius 1 is 1.45 bits per heavy atom. The third-order valence-electron chi connectivity index (χ3n) is 2.95. The number of carbonyl (C=O) groups is 1. The summed E-state index contributed by atoms with van der Waals surface area (Å²) in [4.78, 5) is 13.5. The van der Waals surface area contributed by atoms with E-state index in [1.54, 1.807) is 29.5 Å². The van der Waals surface area contributed by atoms with Crippen LogP contribution in [0, 0.1) is 0 Å². The summed E-state index contributed by atoms with van der Waals surface area (Å²) in [7, 11) is 0. The molecule has 2 rings (SSSR count). The van der Waals surface area contributed by atoms with E-state index in [9.17, 15) is 4.79 Å². The first kappa shape index (κ1) is 15.1. The predicted molar refractivity (Wildman–Crippen MR) is 88.0 cm³/mol. The van der Waals surface area contributed by atoms with Gasteiger partial charge in [-0.05, 0) is 36.1 Å². The molecule has 0 bridgehead atoms. The van der Waals surface area contributed by atoms with Crippen LogP contribution in [0.3, 0.4) is 0 Å². The smallest absolute Gasteiger partial charge is 0.251 e. The minimum atomic E-state index is -0.0927. The molecule has 0 fully saturated rings. The largest absolute Gasteiger partial charge is 0.399 e. The highest BCUT2D eigenvalue weighted by Gasteiger charge is 2.16. The number of halogens is 1. The third-order valence-corrected chi connectivity index (χ3v) is 4.40. The average molecular weight is 353 g/mol. The Hall–Kier alpha value is -1.33. The van der Waals surface area contributed by atoms with Gasteiger partial charge in [-0.3, -0.25) is 4.79 Å². The van der Waals surface area contributed by atoms with Gasteiger partial charge in [0.15, 0.2) is 0 Å². The van der Waals surface area contributed by atoms with E-state index in [1.165, 1.54) is 4.88 Å². The predicted octanol–water partition coefficient (Wildman–Crippen LogP) is 4.36. The summed E-state index contributed by atoms with van der Waals surface area (Å²) in [5.74, 6) is -0.0927. The van der Waals surface area contributed by atoms with Crippen LogP contribution < -0.4 is 11.1 Å². The first-order valence-electron chi connectivity index (χ1n) is 6.50. The number of nitrogen functional groups attached to an aromatic ring is 1. The highest BCUT2D eigenvalue weighted by Crippen LogP contribution is 2.24. The SMILES string of the molecule is CCCC(NC(=O)c1cc(N)cc(Br)c1)c1cccs1. The van der Waals surface area contributed by atoms with Crippen LogP contribution in [-0.4, -0.2) is 5.91 Å². The van der Waals surface area contributed by atoms with E-state index in [2.05, 4.69) is 34.2 Å². The molecule has 0 spiro atoms. The van der Waals surface area contributed by atoms with Crippen LogP contribution in [0.15, 0.2) is 40.2 Å². The van der Waals surface area contributed by atoms with Gasteiger partial charge >= 0.3 is 0 Å². The number of carbonyl (C=O) groups excluding carboxylic acids is 1. The van der Waals surface area contributed by atoms with Gasteiger partial charge in [-0.1, -0.05) is 35.3 Å². The lowest BCUT2D eigenvalue weighted by atomic mass is 10.1. The molecule has 1 unspecified atom stereocenters. The molecule has 1 aromatic heterocycles. The van der Waals surface area contributed by atoms with E-state index in [0.29, 0.717) is 11.3 Å². The summed E-state index contributed by atoms with van der Waals surface area (Å²) < 4.78 is 0.811. The van der Waals surface area contributed by atoms with Gasteiger partial charge in [0.1, 0.15) is 0 Å². The molecule has 1 atom stereocenters. The van der Waals surface area contributed by atoms with E-state index in [1.807, 2.05) is 11.4 Å². The first-order valence-corrected chi connectivity index (χ1v) is 8.17. The molecule has 0 saturated heterocycles. The molecule has 106 valence electrons. The van der Waals surface area contributed by atoms with E-state index >= 15 is 0 Å². The highest BCUT2D eigenvalue weighted by atomic mass is 79.9. The van der Waals surface area contributed by atoms with Crippen molar-refractivity contribution in [3.05, 3.63) is 50.6 Å². The minimum Gasteiger partial charge on any atom is -0.399 e. The molecule has 0 saturated carbocycles. The Balaban J connectivity index is 2.16. The van der Waals surface area contributed by atoms with Crippen molar-refractivity contribution in [1.82, 2.24) is 5.32 Å². The standard InChI is InChI=1S/C15H17BrN2OS/c1-2-4-13(14-5-3-6-20-14)18-15(19)10-7-11(16)9-12(17)8-10/h3,5-9,13H,2,4,17H2,1H3,(H,18,19). The second kappa shape index (κ2) is 6.90. The molecule has 3 N–H and O–H groups in total. The van der Waals surface area contributed by atoms with Crippen molar-refractivity contribution in [3.8, 4) is 0 Å². The average Bonchev–Trinajstić information content (AvgIpc) is 2.90. The van der Waals surface area contributed by atoms with Crippen LogP contribution in [0.5, 0.6) is 0 Å². The number of benzene rings is 1. The van der Waals surface area contributed by atoms with E-state index in [4.69, 9.17) is 5.73 Å². The summed E-state index contributed by atoms with van der Waals surface area (Å²) >= 11 is 5.02. The van der Waals surface area contributed by atoms with Gasteiger partial charge in [0, 0.05) is 20.6 Å². The minimum absolute atomic E-state index is 0.0627. The monoisotopic (exact) mass is 352 g/mol. The zero-order valence-corrected chi connectivity index (χ0v) is 13.6. The van der Waals surface area contributed by atoms with Gasteiger partial charge in [0.2, 0.25) is 0 Å². The Labute approximate surface area is 131 Å². The number of hydrogen-bond donors (Lipinski definition) is 2. The van der Waals surface area contributed by atoms with Gasteiger partial charge in [-0.15, -0.1) is 11.3 Å². The molecule has 0 radical (unpaired) electrons. The van der Waals surface area contributed by atoms with Crippen LogP contribution in [0.25, 0.3) is 0 Å². The van der Waals surface area contributed by atoms with Crippen molar-refractivity contribution >= 4 is 38.9 Å². The maximum Gasteiger partial charge on any atom is 0.251 e. The fraction of sp³-hybridized carbons (Fsp3) is 0.267. The van der Waals surface area contributed by atoms with Crippen molar-refractivity contribution in [1.29, 1.82) is 0 Å². The van der Waals surface area contributed by atoms with Gasteiger partial charge in [-0.2, -0.15) is 0 Å². The Bertz CT molecular complexity index is 563. The van der Waals surface area contributed by atoms with Crippen LogP contribution >= 0.6 is 27.3 Å². The molecule has 2 aromatic rings. The number of thiophene rings is 1. The maximum atomic E-state index is 12.3. The molecule has 0 aliphatic heterocycles. The number of anilines is 1. The number of nitrogens with one attached hydrogen (secondary N) is 1. The fourth-order valence-electron chi connectivity index (χ4n) is 2.05. The highest BCUT2D eigenvalue weighted by molar-refractivity contribution is 9.10. The number of amides is 1.